The summed E-state index contributed by atoms with van der Waals surface area (Å²) < 4.78 is 5.32. The molecule has 0 fully saturated rings. The van der Waals surface area contributed by atoms with Crippen LogP contribution >= 0.6 is 0 Å². The smallest absolute Gasteiger partial charge is 0.227 e. The maximum atomic E-state index is 11.3. The van der Waals surface area contributed by atoms with Gasteiger partial charge in [0.2, 0.25) is 11.2 Å². The van der Waals surface area contributed by atoms with Gasteiger partial charge in [0, 0.05) is 11.6 Å². The molecule has 0 aliphatic carbocycles. The topological polar surface area (TPSA) is 50.4 Å². The Kier molecular flexibility index (Phi) is 2.29. The van der Waals surface area contributed by atoms with Gasteiger partial charge < -0.3 is 9.52 Å². The van der Waals surface area contributed by atoms with E-state index in [-0.39, 0.29) is 11.5 Å². The predicted molar refractivity (Wildman–Crippen MR) is 56.8 cm³/mol. The van der Waals surface area contributed by atoms with Crippen LogP contribution in [0.2, 0.25) is 0 Å². The van der Waals surface area contributed by atoms with Gasteiger partial charge in [0.05, 0.1) is 0 Å². The van der Waals surface area contributed by atoms with E-state index in [1.165, 1.54) is 6.07 Å². The minimum absolute atomic E-state index is 0.237. The second-order valence-electron chi connectivity index (χ2n) is 3.25. The summed E-state index contributed by atoms with van der Waals surface area (Å²) in [5.41, 5.74) is 0.398. The fourth-order valence-electron chi connectivity index (χ4n) is 1.35. The molecule has 15 heavy (non-hydrogen) atoms. The van der Waals surface area contributed by atoms with Crippen molar-refractivity contribution in [2.75, 3.05) is 0 Å². The van der Waals surface area contributed by atoms with Crippen molar-refractivity contribution in [3.05, 3.63) is 52.4 Å². The monoisotopic (exact) mass is 202 g/mol. The Balaban J connectivity index is 2.61. The van der Waals surface area contributed by atoms with E-state index in [2.05, 4.69) is 0 Å². The quantitative estimate of drug-likeness (QED) is 0.772. The van der Waals surface area contributed by atoms with Gasteiger partial charge in [-0.25, -0.2) is 0 Å². The summed E-state index contributed by atoms with van der Waals surface area (Å²) >= 11 is 0. The Hall–Kier alpha value is -2.03. The van der Waals surface area contributed by atoms with E-state index in [1.807, 2.05) is 30.3 Å². The van der Waals surface area contributed by atoms with Crippen LogP contribution in [-0.2, 0) is 0 Å². The van der Waals surface area contributed by atoms with Crippen LogP contribution in [0, 0.1) is 6.92 Å². The van der Waals surface area contributed by atoms with Gasteiger partial charge in [0.25, 0.3) is 0 Å². The van der Waals surface area contributed by atoms with E-state index in [1.54, 1.807) is 6.92 Å². The number of aryl methyl sites for hydroxylation is 1. The fourth-order valence-corrected chi connectivity index (χ4v) is 1.35. The van der Waals surface area contributed by atoms with Crippen molar-refractivity contribution in [3.63, 3.8) is 0 Å². The molecule has 0 aliphatic rings. The van der Waals surface area contributed by atoms with Crippen LogP contribution in [0.4, 0.5) is 0 Å². The summed E-state index contributed by atoms with van der Waals surface area (Å²) in [5, 5.41) is 9.27. The lowest BCUT2D eigenvalue weighted by Crippen LogP contribution is -2.00. The van der Waals surface area contributed by atoms with Crippen LogP contribution in [0.15, 0.2) is 45.6 Å². The number of benzene rings is 1. The van der Waals surface area contributed by atoms with Crippen molar-refractivity contribution in [1.29, 1.82) is 0 Å². The molecule has 2 aromatic rings. The van der Waals surface area contributed by atoms with Crippen molar-refractivity contribution in [3.8, 4) is 17.1 Å². The molecule has 76 valence electrons. The summed E-state index contributed by atoms with van der Waals surface area (Å²) in [7, 11) is 0. The van der Waals surface area contributed by atoms with Gasteiger partial charge in [-0.2, -0.15) is 0 Å². The zero-order valence-corrected chi connectivity index (χ0v) is 8.23. The van der Waals surface area contributed by atoms with Crippen LogP contribution in [0.5, 0.6) is 5.75 Å². The third kappa shape index (κ3) is 1.76. The van der Waals surface area contributed by atoms with Gasteiger partial charge in [-0.15, -0.1) is 0 Å². The molecule has 1 N–H and O–H groups in total. The molecule has 3 nitrogen and oxygen atoms in total. The van der Waals surface area contributed by atoms with Gasteiger partial charge >= 0.3 is 0 Å². The molecule has 0 unspecified atom stereocenters. The van der Waals surface area contributed by atoms with E-state index >= 15 is 0 Å². The second kappa shape index (κ2) is 3.61. The first kappa shape index (κ1) is 9.52. The summed E-state index contributed by atoms with van der Waals surface area (Å²) in [5.74, 6) is 0.381. The zero-order chi connectivity index (χ0) is 10.8. The fraction of sp³-hybridized carbons (Fsp3) is 0.0833. The van der Waals surface area contributed by atoms with Crippen LogP contribution in [-0.4, -0.2) is 5.11 Å². The highest BCUT2D eigenvalue weighted by Crippen LogP contribution is 2.21. The Bertz CT molecular complexity index is 526. The minimum Gasteiger partial charge on any atom is -0.502 e. The summed E-state index contributed by atoms with van der Waals surface area (Å²) in [6, 6.07) is 10.6. The molecule has 0 saturated carbocycles. The maximum absolute atomic E-state index is 11.3. The SMILES string of the molecule is Cc1oc(-c2ccccc2)cc(=O)c1O. The van der Waals surface area contributed by atoms with Crippen molar-refractivity contribution < 1.29 is 9.52 Å². The minimum atomic E-state index is -0.419. The van der Waals surface area contributed by atoms with Gasteiger partial charge in [-0.1, -0.05) is 30.3 Å². The molecule has 0 amide bonds. The first-order valence-corrected chi connectivity index (χ1v) is 4.57. The molecule has 2 rings (SSSR count). The molecule has 1 aromatic heterocycles. The van der Waals surface area contributed by atoms with Gasteiger partial charge in [-0.3, -0.25) is 4.79 Å². The largest absolute Gasteiger partial charge is 0.502 e. The Labute approximate surface area is 86.6 Å². The van der Waals surface area contributed by atoms with E-state index in [0.717, 1.165) is 5.56 Å². The standard InChI is InChI=1S/C12H10O3/c1-8-12(14)10(13)7-11(15-8)9-5-3-2-4-6-9/h2-7,14H,1H3. The highest BCUT2D eigenvalue weighted by Gasteiger charge is 2.07. The summed E-state index contributed by atoms with van der Waals surface area (Å²) in [6.45, 7) is 1.56. The normalized spacial score (nSPS) is 10.2. The number of rotatable bonds is 1. The lowest BCUT2D eigenvalue weighted by molar-refractivity contribution is 0.417. The summed E-state index contributed by atoms with van der Waals surface area (Å²) in [6.07, 6.45) is 0. The molecule has 1 heterocycles. The molecule has 1 aromatic carbocycles. The Morgan fingerprint density at radius 3 is 2.47 bits per heavy atom. The van der Waals surface area contributed by atoms with Crippen LogP contribution in [0.25, 0.3) is 11.3 Å². The van der Waals surface area contributed by atoms with Gasteiger partial charge in [0.15, 0.2) is 0 Å². The number of hydrogen-bond donors (Lipinski definition) is 1. The maximum Gasteiger partial charge on any atom is 0.227 e. The van der Waals surface area contributed by atoms with Crippen molar-refractivity contribution >= 4 is 0 Å². The molecule has 0 aliphatic heterocycles. The lowest BCUT2D eigenvalue weighted by Gasteiger charge is -2.02. The van der Waals surface area contributed by atoms with E-state index in [9.17, 15) is 9.90 Å². The van der Waals surface area contributed by atoms with Crippen molar-refractivity contribution in [1.82, 2.24) is 0 Å². The van der Waals surface area contributed by atoms with Gasteiger partial charge in [-0.05, 0) is 6.92 Å². The zero-order valence-electron chi connectivity index (χ0n) is 8.23. The first-order chi connectivity index (χ1) is 7.18. The van der Waals surface area contributed by atoms with Crippen LogP contribution in [0.3, 0.4) is 0 Å². The second-order valence-corrected chi connectivity index (χ2v) is 3.25. The molecule has 3 heteroatoms. The molecule has 0 radical (unpaired) electrons. The number of aromatic hydroxyl groups is 1. The van der Waals surface area contributed by atoms with Gasteiger partial charge in [0.1, 0.15) is 11.5 Å². The summed E-state index contributed by atoms with van der Waals surface area (Å²) in [4.78, 5) is 11.3. The van der Waals surface area contributed by atoms with Crippen molar-refractivity contribution in [2.45, 2.75) is 6.92 Å². The average molecular weight is 202 g/mol. The molecular weight excluding hydrogens is 192 g/mol. The van der Waals surface area contributed by atoms with E-state index < -0.39 is 5.43 Å². The Morgan fingerprint density at radius 1 is 1.20 bits per heavy atom. The predicted octanol–water partition coefficient (Wildman–Crippen LogP) is 2.32. The Morgan fingerprint density at radius 2 is 1.87 bits per heavy atom. The van der Waals surface area contributed by atoms with Crippen LogP contribution in [0.1, 0.15) is 5.76 Å². The average Bonchev–Trinajstić information content (AvgIpc) is 2.26. The molecule has 0 spiro atoms. The highest BCUT2D eigenvalue weighted by atomic mass is 16.4. The molecule has 0 atom stereocenters. The molecule has 0 bridgehead atoms. The van der Waals surface area contributed by atoms with E-state index in [4.69, 9.17) is 4.42 Å². The number of hydrogen-bond acceptors (Lipinski definition) is 3. The molecule has 0 saturated heterocycles. The third-order valence-corrected chi connectivity index (χ3v) is 2.15. The van der Waals surface area contributed by atoms with Crippen molar-refractivity contribution in [2.24, 2.45) is 0 Å². The highest BCUT2D eigenvalue weighted by molar-refractivity contribution is 5.57. The van der Waals surface area contributed by atoms with E-state index in [0.29, 0.717) is 5.76 Å². The molecular formula is C12H10O3. The third-order valence-electron chi connectivity index (χ3n) is 2.15. The van der Waals surface area contributed by atoms with Crippen LogP contribution < -0.4 is 5.43 Å². The lowest BCUT2D eigenvalue weighted by atomic mass is 10.1. The first-order valence-electron chi connectivity index (χ1n) is 4.57.